The number of hydrogen-bond acceptors (Lipinski definition) is 5. The molecule has 2 aromatic carbocycles. The third-order valence-corrected chi connectivity index (χ3v) is 8.58. The Hall–Kier alpha value is -3.63. The summed E-state index contributed by atoms with van der Waals surface area (Å²) in [5, 5.41) is 13.6. The largest absolute Gasteiger partial charge is 0.456 e. The van der Waals surface area contributed by atoms with Crippen molar-refractivity contribution in [2.75, 3.05) is 20.1 Å². The second-order valence-corrected chi connectivity index (χ2v) is 10.8. The van der Waals surface area contributed by atoms with Gasteiger partial charge in [-0.05, 0) is 74.0 Å². The van der Waals surface area contributed by atoms with Crippen LogP contribution in [-0.2, 0) is 22.8 Å². The fourth-order valence-electron chi connectivity index (χ4n) is 6.40. The van der Waals surface area contributed by atoms with E-state index in [0.29, 0.717) is 17.1 Å². The molecule has 7 nitrogen and oxygen atoms in total. The third-order valence-electron chi connectivity index (χ3n) is 8.58. The van der Waals surface area contributed by atoms with Gasteiger partial charge >= 0.3 is 0 Å². The van der Waals surface area contributed by atoms with E-state index in [1.165, 1.54) is 0 Å². The summed E-state index contributed by atoms with van der Waals surface area (Å²) in [6, 6.07) is 16.0. The summed E-state index contributed by atoms with van der Waals surface area (Å²) in [5.41, 5.74) is 2.64. The first-order valence-electron chi connectivity index (χ1n) is 13.7. The van der Waals surface area contributed by atoms with Crippen molar-refractivity contribution in [3.63, 3.8) is 0 Å². The van der Waals surface area contributed by atoms with Gasteiger partial charge in [0, 0.05) is 20.6 Å². The minimum atomic E-state index is -0.564. The van der Waals surface area contributed by atoms with Crippen LogP contribution in [0.1, 0.15) is 74.3 Å². The first kappa shape index (κ1) is 26.0. The summed E-state index contributed by atoms with van der Waals surface area (Å²) in [5.74, 6) is 1.33. The van der Waals surface area contributed by atoms with Crippen LogP contribution < -0.4 is 10.1 Å². The van der Waals surface area contributed by atoms with Crippen molar-refractivity contribution in [1.82, 2.24) is 19.8 Å². The molecule has 2 atom stereocenters. The topological polar surface area (TPSA) is 83.2 Å². The van der Waals surface area contributed by atoms with Crippen molar-refractivity contribution in [2.24, 2.45) is 7.05 Å². The molecule has 0 aliphatic carbocycles. The molecule has 0 saturated carbocycles. The van der Waals surface area contributed by atoms with E-state index in [0.717, 1.165) is 74.9 Å². The van der Waals surface area contributed by atoms with E-state index in [1.54, 1.807) is 0 Å². The molecule has 0 spiro atoms. The van der Waals surface area contributed by atoms with Gasteiger partial charge in [0.2, 0.25) is 5.91 Å². The number of imidazole rings is 1. The average molecular weight is 512 g/mol. The average Bonchev–Trinajstić information content (AvgIpc) is 3.60. The van der Waals surface area contributed by atoms with E-state index < -0.39 is 5.41 Å². The van der Waals surface area contributed by atoms with Crippen molar-refractivity contribution >= 4 is 5.91 Å². The second-order valence-electron chi connectivity index (χ2n) is 10.8. The Morgan fingerprint density at radius 1 is 1.08 bits per heavy atom. The zero-order chi connectivity index (χ0) is 26.8. The van der Waals surface area contributed by atoms with Crippen LogP contribution in [0.15, 0.2) is 55.0 Å². The number of carbonyl (C=O) groups is 1. The SMILES string of the molecule is CC[C@@]1(c2cccc(Oc3cc([C@]4(c5cncn5C)CCCN4)ccc3C#N)c2)CCCCCN(C)C1=O. The van der Waals surface area contributed by atoms with E-state index >= 15 is 0 Å². The Kier molecular flexibility index (Phi) is 7.27. The lowest BCUT2D eigenvalue weighted by Crippen LogP contribution is -2.46. The molecule has 1 N–H and O–H groups in total. The number of carbonyl (C=O) groups excluding carboxylic acids is 1. The number of nitriles is 1. The number of likely N-dealkylation sites (N-methyl/N-ethyl adjacent to an activating group) is 1. The molecule has 0 unspecified atom stereocenters. The Balaban J connectivity index is 1.52. The Labute approximate surface area is 225 Å². The van der Waals surface area contributed by atoms with Crippen LogP contribution >= 0.6 is 0 Å². The lowest BCUT2D eigenvalue weighted by Gasteiger charge is -2.37. The van der Waals surface area contributed by atoms with Gasteiger partial charge in [-0.1, -0.05) is 38.0 Å². The van der Waals surface area contributed by atoms with E-state index in [1.807, 2.05) is 78.6 Å². The maximum atomic E-state index is 13.6. The third kappa shape index (κ3) is 4.48. The molecule has 2 fully saturated rings. The van der Waals surface area contributed by atoms with E-state index in [2.05, 4.69) is 23.3 Å². The van der Waals surface area contributed by atoms with Gasteiger partial charge < -0.3 is 19.5 Å². The Bertz CT molecular complexity index is 1350. The summed E-state index contributed by atoms with van der Waals surface area (Å²) in [6.07, 6.45) is 10.5. The number of amides is 1. The van der Waals surface area contributed by atoms with Crippen LogP contribution in [-0.4, -0.2) is 40.5 Å². The van der Waals surface area contributed by atoms with E-state index in [-0.39, 0.29) is 11.4 Å². The van der Waals surface area contributed by atoms with Gasteiger partial charge in [-0.2, -0.15) is 5.26 Å². The highest BCUT2D eigenvalue weighted by molar-refractivity contribution is 5.88. The fraction of sp³-hybridized carbons (Fsp3) is 0.452. The number of hydrogen-bond donors (Lipinski definition) is 1. The molecule has 0 radical (unpaired) electrons. The molecule has 2 aliphatic heterocycles. The van der Waals surface area contributed by atoms with Crippen LogP contribution in [0.25, 0.3) is 0 Å². The van der Waals surface area contributed by atoms with Crippen molar-refractivity contribution in [1.29, 1.82) is 5.26 Å². The summed E-state index contributed by atoms with van der Waals surface area (Å²) in [4.78, 5) is 19.9. The molecular formula is C31H37N5O2. The smallest absolute Gasteiger partial charge is 0.232 e. The van der Waals surface area contributed by atoms with Crippen LogP contribution in [0.3, 0.4) is 0 Å². The number of ether oxygens (including phenoxy) is 1. The standard InChI is InChI=1S/C31H37N5O2/c1-4-30(14-6-5-7-17-35(2)29(30)37)24-10-8-11-26(18-24)38-27-19-25(13-12-23(27)20-32)31(15-9-16-34-31)28-21-33-22-36(28)3/h8,10-13,18-19,21-22,34H,4-7,9,14-17H2,1-3H3/t30-,31-/m0/s1. The molecule has 1 aromatic heterocycles. The molecule has 1 amide bonds. The maximum absolute atomic E-state index is 13.6. The Morgan fingerprint density at radius 2 is 1.95 bits per heavy atom. The number of benzene rings is 2. The van der Waals surface area contributed by atoms with Gasteiger partial charge in [0.1, 0.15) is 17.6 Å². The zero-order valence-corrected chi connectivity index (χ0v) is 22.7. The van der Waals surface area contributed by atoms with Gasteiger partial charge in [0.15, 0.2) is 0 Å². The number of aryl methyl sites for hydroxylation is 1. The molecule has 2 aliphatic rings. The first-order chi connectivity index (χ1) is 18.4. The molecule has 2 saturated heterocycles. The molecule has 5 rings (SSSR count). The van der Waals surface area contributed by atoms with E-state index in [4.69, 9.17) is 4.74 Å². The zero-order valence-electron chi connectivity index (χ0n) is 22.7. The summed E-state index contributed by atoms with van der Waals surface area (Å²) >= 11 is 0. The van der Waals surface area contributed by atoms with Crippen LogP contribution in [0, 0.1) is 11.3 Å². The number of nitrogens with one attached hydrogen (secondary N) is 1. The minimum absolute atomic E-state index is 0.182. The van der Waals surface area contributed by atoms with Crippen LogP contribution in [0.5, 0.6) is 11.5 Å². The summed E-state index contributed by atoms with van der Waals surface area (Å²) < 4.78 is 8.48. The van der Waals surface area contributed by atoms with Crippen molar-refractivity contribution < 1.29 is 9.53 Å². The predicted molar refractivity (Wildman–Crippen MR) is 147 cm³/mol. The molecule has 3 heterocycles. The van der Waals surface area contributed by atoms with Crippen molar-refractivity contribution in [3.05, 3.63) is 77.4 Å². The molecule has 3 aromatic rings. The molecule has 38 heavy (non-hydrogen) atoms. The summed E-state index contributed by atoms with van der Waals surface area (Å²) in [6.45, 7) is 3.80. The van der Waals surface area contributed by atoms with Gasteiger partial charge in [-0.25, -0.2) is 4.98 Å². The van der Waals surface area contributed by atoms with Crippen LogP contribution in [0.4, 0.5) is 0 Å². The van der Waals surface area contributed by atoms with Crippen molar-refractivity contribution in [3.8, 4) is 17.6 Å². The first-order valence-corrected chi connectivity index (χ1v) is 13.7. The normalized spacial score (nSPS) is 24.1. The number of nitrogens with zero attached hydrogens (tertiary/aromatic N) is 4. The minimum Gasteiger partial charge on any atom is -0.456 e. The number of aromatic nitrogens is 2. The number of likely N-dealkylation sites (tertiary alicyclic amines) is 1. The monoisotopic (exact) mass is 511 g/mol. The van der Waals surface area contributed by atoms with Gasteiger partial charge in [-0.3, -0.25) is 4.79 Å². The molecule has 7 heteroatoms. The van der Waals surface area contributed by atoms with Gasteiger partial charge in [0.25, 0.3) is 0 Å². The maximum Gasteiger partial charge on any atom is 0.232 e. The quantitative estimate of drug-likeness (QED) is 0.480. The predicted octanol–water partition coefficient (Wildman–Crippen LogP) is 5.39. The van der Waals surface area contributed by atoms with Gasteiger partial charge in [0.05, 0.1) is 34.7 Å². The van der Waals surface area contributed by atoms with E-state index in [9.17, 15) is 10.1 Å². The highest BCUT2D eigenvalue weighted by Gasteiger charge is 2.41. The Morgan fingerprint density at radius 3 is 2.66 bits per heavy atom. The fourth-order valence-corrected chi connectivity index (χ4v) is 6.40. The second kappa shape index (κ2) is 10.6. The van der Waals surface area contributed by atoms with Gasteiger partial charge in [-0.15, -0.1) is 0 Å². The summed E-state index contributed by atoms with van der Waals surface area (Å²) in [7, 11) is 3.92. The lowest BCUT2D eigenvalue weighted by atomic mass is 9.72. The highest BCUT2D eigenvalue weighted by Crippen LogP contribution is 2.42. The molecule has 0 bridgehead atoms. The lowest BCUT2D eigenvalue weighted by molar-refractivity contribution is -0.137. The molecular weight excluding hydrogens is 474 g/mol. The van der Waals surface area contributed by atoms with Crippen LogP contribution in [0.2, 0.25) is 0 Å². The van der Waals surface area contributed by atoms with Crippen molar-refractivity contribution in [2.45, 2.75) is 62.8 Å². The highest BCUT2D eigenvalue weighted by atomic mass is 16.5. The number of rotatable bonds is 6. The molecule has 198 valence electrons.